The molecule has 1 rings (SSSR count). The molecule has 2 heteroatoms. The number of hydrogen-bond donors (Lipinski definition) is 0. The maximum atomic E-state index is 8.71. The highest BCUT2D eigenvalue weighted by Crippen LogP contribution is 2.30. The van der Waals surface area contributed by atoms with Crippen molar-refractivity contribution in [2.45, 2.75) is 32.1 Å². The van der Waals surface area contributed by atoms with E-state index < -0.39 is 0 Å². The van der Waals surface area contributed by atoms with Crippen LogP contribution >= 0.6 is 0 Å². The molecule has 0 aromatic rings. The quantitative estimate of drug-likeness (QED) is 0.624. The van der Waals surface area contributed by atoms with Crippen molar-refractivity contribution in [2.24, 2.45) is 11.8 Å². The molecule has 0 spiro atoms. The lowest BCUT2D eigenvalue weighted by molar-refractivity contribution is 0.308. The van der Waals surface area contributed by atoms with E-state index in [1.807, 2.05) is 0 Å². The molecule has 13 heavy (non-hydrogen) atoms. The van der Waals surface area contributed by atoms with Gasteiger partial charge in [0.05, 0.1) is 19.4 Å². The molecule has 2 nitrogen and oxygen atoms in total. The number of hydrogen-bond acceptors (Lipinski definition) is 2. The van der Waals surface area contributed by atoms with Crippen molar-refractivity contribution >= 4 is 0 Å². The van der Waals surface area contributed by atoms with E-state index in [0.717, 1.165) is 25.2 Å². The predicted molar refractivity (Wildman–Crippen MR) is 51.8 cm³/mol. The van der Waals surface area contributed by atoms with Crippen LogP contribution in [0.3, 0.4) is 0 Å². The first-order chi connectivity index (χ1) is 6.36. The summed E-state index contributed by atoms with van der Waals surface area (Å²) in [5.74, 6) is 1.10. The van der Waals surface area contributed by atoms with Gasteiger partial charge >= 0.3 is 0 Å². The van der Waals surface area contributed by atoms with Gasteiger partial charge < -0.3 is 4.74 Å². The normalized spacial score (nSPS) is 28.6. The van der Waals surface area contributed by atoms with Crippen LogP contribution < -0.4 is 0 Å². The lowest BCUT2D eigenvalue weighted by Crippen LogP contribution is -2.12. The number of methoxy groups -OCH3 is 1. The Morgan fingerprint density at radius 1 is 1.38 bits per heavy atom. The molecule has 0 heterocycles. The SMILES string of the molecule is CO/C=C/CC1CCC(C#N)CC1. The van der Waals surface area contributed by atoms with Gasteiger partial charge in [-0.1, -0.05) is 0 Å². The fourth-order valence-electron chi connectivity index (χ4n) is 1.87. The van der Waals surface area contributed by atoms with Crippen LogP contribution in [-0.2, 0) is 4.74 Å². The smallest absolute Gasteiger partial charge is 0.0784 e. The molecule has 1 aliphatic carbocycles. The Bertz CT molecular complexity index is 197. The maximum Gasteiger partial charge on any atom is 0.0784 e. The van der Waals surface area contributed by atoms with Crippen LogP contribution in [0.5, 0.6) is 0 Å². The monoisotopic (exact) mass is 179 g/mol. The fraction of sp³-hybridized carbons (Fsp3) is 0.727. The van der Waals surface area contributed by atoms with E-state index >= 15 is 0 Å². The highest BCUT2D eigenvalue weighted by molar-refractivity contribution is 4.89. The molecule has 0 atom stereocenters. The summed E-state index contributed by atoms with van der Waals surface area (Å²) in [6, 6.07) is 2.35. The van der Waals surface area contributed by atoms with Crippen LogP contribution in [0.2, 0.25) is 0 Å². The number of ether oxygens (including phenoxy) is 1. The van der Waals surface area contributed by atoms with Gasteiger partial charge in [-0.15, -0.1) is 0 Å². The second kappa shape index (κ2) is 5.64. The van der Waals surface area contributed by atoms with Crippen LogP contribution in [0.25, 0.3) is 0 Å². The minimum atomic E-state index is 0.322. The van der Waals surface area contributed by atoms with Crippen molar-refractivity contribution in [1.29, 1.82) is 5.26 Å². The predicted octanol–water partition coefficient (Wildman–Crippen LogP) is 2.87. The van der Waals surface area contributed by atoms with Crippen LogP contribution in [0.1, 0.15) is 32.1 Å². The summed E-state index contributed by atoms with van der Waals surface area (Å²) in [7, 11) is 1.67. The van der Waals surface area contributed by atoms with Crippen molar-refractivity contribution in [1.82, 2.24) is 0 Å². The van der Waals surface area contributed by atoms with Crippen molar-refractivity contribution in [3.63, 3.8) is 0 Å². The second-order valence-electron chi connectivity index (χ2n) is 3.69. The van der Waals surface area contributed by atoms with E-state index in [1.54, 1.807) is 13.4 Å². The van der Waals surface area contributed by atoms with Crippen molar-refractivity contribution in [3.8, 4) is 6.07 Å². The van der Waals surface area contributed by atoms with Gasteiger partial charge in [0.1, 0.15) is 0 Å². The summed E-state index contributed by atoms with van der Waals surface area (Å²) in [6.45, 7) is 0. The van der Waals surface area contributed by atoms with Gasteiger partial charge in [0.2, 0.25) is 0 Å². The molecule has 0 aromatic heterocycles. The molecule has 0 aliphatic heterocycles. The van der Waals surface area contributed by atoms with E-state index in [2.05, 4.69) is 12.1 Å². The Morgan fingerprint density at radius 3 is 2.62 bits per heavy atom. The molecular weight excluding hydrogens is 162 g/mol. The molecular formula is C11H17NO. The molecule has 0 N–H and O–H groups in total. The summed E-state index contributed by atoms with van der Waals surface area (Å²) in [5, 5.41) is 8.71. The van der Waals surface area contributed by atoms with E-state index in [0.29, 0.717) is 5.92 Å². The van der Waals surface area contributed by atoms with Crippen LogP contribution in [0, 0.1) is 23.2 Å². The standard InChI is InChI=1S/C11H17NO/c1-13-8-2-3-10-4-6-11(9-12)7-5-10/h2,8,10-11H,3-7H2,1H3/b8-2+. The Balaban J connectivity index is 2.18. The van der Waals surface area contributed by atoms with Crippen molar-refractivity contribution in [2.75, 3.05) is 7.11 Å². The first-order valence-corrected chi connectivity index (χ1v) is 4.94. The summed E-state index contributed by atoms with van der Waals surface area (Å²) in [4.78, 5) is 0. The van der Waals surface area contributed by atoms with Crippen molar-refractivity contribution in [3.05, 3.63) is 12.3 Å². The highest BCUT2D eigenvalue weighted by atomic mass is 16.5. The topological polar surface area (TPSA) is 33.0 Å². The van der Waals surface area contributed by atoms with E-state index in [-0.39, 0.29) is 0 Å². The zero-order chi connectivity index (χ0) is 9.52. The number of nitriles is 1. The molecule has 1 saturated carbocycles. The largest absolute Gasteiger partial charge is 0.505 e. The third-order valence-corrected chi connectivity index (χ3v) is 2.73. The van der Waals surface area contributed by atoms with Crippen LogP contribution in [0.4, 0.5) is 0 Å². The van der Waals surface area contributed by atoms with Crippen molar-refractivity contribution < 1.29 is 4.74 Å². The van der Waals surface area contributed by atoms with Gasteiger partial charge in [0.25, 0.3) is 0 Å². The zero-order valence-electron chi connectivity index (χ0n) is 8.20. The molecule has 72 valence electrons. The third-order valence-electron chi connectivity index (χ3n) is 2.73. The van der Waals surface area contributed by atoms with Crippen LogP contribution in [-0.4, -0.2) is 7.11 Å². The number of nitrogens with zero attached hydrogens (tertiary/aromatic N) is 1. The summed E-state index contributed by atoms with van der Waals surface area (Å²) in [5.41, 5.74) is 0. The van der Waals surface area contributed by atoms with Gasteiger partial charge in [-0.2, -0.15) is 5.26 Å². The van der Waals surface area contributed by atoms with E-state index in [9.17, 15) is 0 Å². The zero-order valence-corrected chi connectivity index (χ0v) is 8.20. The van der Waals surface area contributed by atoms with E-state index in [1.165, 1.54) is 12.8 Å². The Labute approximate surface area is 80.2 Å². The molecule has 0 radical (unpaired) electrons. The molecule has 0 aromatic carbocycles. The summed E-state index contributed by atoms with van der Waals surface area (Å²) >= 11 is 0. The lowest BCUT2D eigenvalue weighted by atomic mass is 9.81. The molecule has 0 unspecified atom stereocenters. The molecule has 0 bridgehead atoms. The Kier molecular flexibility index (Phi) is 4.39. The number of allylic oxidation sites excluding steroid dienone is 1. The first-order valence-electron chi connectivity index (χ1n) is 4.94. The van der Waals surface area contributed by atoms with Gasteiger partial charge in [-0.25, -0.2) is 0 Å². The molecule has 0 amide bonds. The lowest BCUT2D eigenvalue weighted by Gasteiger charge is -2.23. The van der Waals surface area contributed by atoms with Crippen LogP contribution in [0.15, 0.2) is 12.3 Å². The van der Waals surface area contributed by atoms with E-state index in [4.69, 9.17) is 10.00 Å². The average Bonchev–Trinajstić information content (AvgIpc) is 2.19. The Morgan fingerprint density at radius 2 is 2.08 bits per heavy atom. The average molecular weight is 179 g/mol. The number of rotatable bonds is 3. The minimum Gasteiger partial charge on any atom is -0.505 e. The second-order valence-corrected chi connectivity index (χ2v) is 3.69. The molecule has 0 saturated heterocycles. The minimum absolute atomic E-state index is 0.322. The third kappa shape index (κ3) is 3.50. The summed E-state index contributed by atoms with van der Waals surface area (Å²) < 4.78 is 4.84. The molecule has 1 fully saturated rings. The maximum absolute atomic E-state index is 8.71. The first kappa shape index (κ1) is 10.1. The highest BCUT2D eigenvalue weighted by Gasteiger charge is 2.19. The van der Waals surface area contributed by atoms with Gasteiger partial charge in [-0.3, -0.25) is 0 Å². The Hall–Kier alpha value is -0.970. The fourth-order valence-corrected chi connectivity index (χ4v) is 1.87. The summed E-state index contributed by atoms with van der Waals surface area (Å²) in [6.07, 6.45) is 9.50. The van der Waals surface area contributed by atoms with Gasteiger partial charge in [0, 0.05) is 5.92 Å². The van der Waals surface area contributed by atoms with Gasteiger partial charge in [0.15, 0.2) is 0 Å². The van der Waals surface area contributed by atoms with Gasteiger partial charge in [-0.05, 0) is 44.1 Å². The molecule has 1 aliphatic rings.